The third-order valence-electron chi connectivity index (χ3n) is 5.22. The van der Waals surface area contributed by atoms with Crippen molar-refractivity contribution in [2.45, 2.75) is 25.7 Å². The van der Waals surface area contributed by atoms with Gasteiger partial charge in [0.2, 0.25) is 6.10 Å². The predicted octanol–water partition coefficient (Wildman–Crippen LogP) is 4.46. The molecule has 1 aliphatic rings. The molecule has 2 aromatic heterocycles. The summed E-state index contributed by atoms with van der Waals surface area (Å²) in [7, 11) is 1.61. The first kappa shape index (κ1) is 20.3. The van der Waals surface area contributed by atoms with Gasteiger partial charge in [0, 0.05) is 6.20 Å². The number of nitrogens with zero attached hydrogens (tertiary/aromatic N) is 3. The van der Waals surface area contributed by atoms with E-state index in [0.717, 1.165) is 10.4 Å². The van der Waals surface area contributed by atoms with Crippen molar-refractivity contribution in [3.05, 3.63) is 72.6 Å². The van der Waals surface area contributed by atoms with Crippen LogP contribution in [0.2, 0.25) is 0 Å². The fourth-order valence-electron chi connectivity index (χ4n) is 3.63. The van der Waals surface area contributed by atoms with Crippen LogP contribution in [-0.2, 0) is 11.3 Å². The second-order valence-electron chi connectivity index (χ2n) is 7.36. The summed E-state index contributed by atoms with van der Waals surface area (Å²) in [5.74, 6) is 1.60. The van der Waals surface area contributed by atoms with Crippen LogP contribution in [0.1, 0.15) is 12.6 Å². The maximum Gasteiger partial charge on any atom is 0.274 e. The van der Waals surface area contributed by atoms with Crippen LogP contribution in [0, 0.1) is 0 Å². The number of ether oxygens (including phenoxy) is 3. The van der Waals surface area contributed by atoms with E-state index in [1.165, 1.54) is 11.3 Å². The normalized spacial score (nSPS) is 17.2. The number of carbonyl (C=O) groups is 1. The molecule has 8 heteroatoms. The number of hydrogen-bond donors (Lipinski definition) is 0. The summed E-state index contributed by atoms with van der Waals surface area (Å²) < 4.78 is 18.4. The Labute approximate surface area is 189 Å². The Morgan fingerprint density at radius 3 is 2.59 bits per heavy atom. The van der Waals surface area contributed by atoms with E-state index in [-0.39, 0.29) is 12.5 Å². The number of pyridine rings is 1. The van der Waals surface area contributed by atoms with Crippen LogP contribution in [0.5, 0.6) is 17.2 Å². The van der Waals surface area contributed by atoms with Gasteiger partial charge < -0.3 is 14.2 Å². The second kappa shape index (κ2) is 8.47. The molecule has 2 atom stereocenters. The van der Waals surface area contributed by atoms with E-state index in [0.29, 0.717) is 27.9 Å². The van der Waals surface area contributed by atoms with Gasteiger partial charge in [0.15, 0.2) is 16.6 Å². The number of amides is 1. The van der Waals surface area contributed by atoms with Crippen molar-refractivity contribution in [2.75, 3.05) is 12.0 Å². The zero-order valence-electron chi connectivity index (χ0n) is 17.6. The highest BCUT2D eigenvalue weighted by atomic mass is 32.1. The molecule has 1 amide bonds. The van der Waals surface area contributed by atoms with Crippen molar-refractivity contribution in [1.82, 2.24) is 9.97 Å². The molecular weight excluding hydrogens is 426 g/mol. The van der Waals surface area contributed by atoms with Gasteiger partial charge in [-0.2, -0.15) is 0 Å². The Hall–Kier alpha value is -3.65. The summed E-state index contributed by atoms with van der Waals surface area (Å²) in [6.07, 6.45) is 0.424. The van der Waals surface area contributed by atoms with Crippen LogP contribution in [0.25, 0.3) is 10.2 Å². The zero-order valence-corrected chi connectivity index (χ0v) is 18.4. The van der Waals surface area contributed by atoms with Crippen LogP contribution < -0.4 is 19.1 Å². The average Bonchev–Trinajstić information content (AvgIpc) is 3.26. The van der Waals surface area contributed by atoms with Crippen LogP contribution in [0.15, 0.2) is 66.9 Å². The monoisotopic (exact) mass is 447 g/mol. The van der Waals surface area contributed by atoms with Crippen LogP contribution in [-0.4, -0.2) is 35.2 Å². The molecule has 32 heavy (non-hydrogen) atoms. The van der Waals surface area contributed by atoms with E-state index >= 15 is 0 Å². The summed E-state index contributed by atoms with van der Waals surface area (Å²) >= 11 is 1.42. The fourth-order valence-corrected chi connectivity index (χ4v) is 4.62. The summed E-state index contributed by atoms with van der Waals surface area (Å²) in [5.41, 5.74) is 1.46. The predicted molar refractivity (Wildman–Crippen MR) is 123 cm³/mol. The molecular formula is C24H21N3O4S. The van der Waals surface area contributed by atoms with E-state index in [1.54, 1.807) is 24.3 Å². The first-order valence-corrected chi connectivity index (χ1v) is 11.0. The lowest BCUT2D eigenvalue weighted by Gasteiger charge is -2.33. The van der Waals surface area contributed by atoms with Crippen LogP contribution >= 0.6 is 11.3 Å². The number of para-hydroxylation sites is 3. The molecule has 7 nitrogen and oxygen atoms in total. The lowest BCUT2D eigenvalue weighted by molar-refractivity contribution is -0.130. The van der Waals surface area contributed by atoms with E-state index in [9.17, 15) is 4.79 Å². The lowest BCUT2D eigenvalue weighted by Crippen LogP contribution is -2.50. The van der Waals surface area contributed by atoms with Crippen LogP contribution in [0.3, 0.4) is 0 Å². The van der Waals surface area contributed by atoms with E-state index in [4.69, 9.17) is 19.2 Å². The Bertz CT molecular complexity index is 1260. The highest BCUT2D eigenvalue weighted by molar-refractivity contribution is 7.22. The fraction of sp³-hybridized carbons (Fsp3) is 0.208. The summed E-state index contributed by atoms with van der Waals surface area (Å²) in [6, 6.07) is 18.7. The number of rotatable bonds is 5. The molecule has 0 bridgehead atoms. The summed E-state index contributed by atoms with van der Waals surface area (Å²) in [5, 5.41) is 0.551. The van der Waals surface area contributed by atoms with E-state index < -0.39 is 12.2 Å². The third kappa shape index (κ3) is 3.73. The van der Waals surface area contributed by atoms with Crippen LogP contribution in [0.4, 0.5) is 5.13 Å². The first-order valence-electron chi connectivity index (χ1n) is 10.2. The van der Waals surface area contributed by atoms with Crippen molar-refractivity contribution < 1.29 is 19.0 Å². The molecule has 0 N–H and O–H groups in total. The Morgan fingerprint density at radius 1 is 1.06 bits per heavy atom. The number of hydrogen-bond acceptors (Lipinski definition) is 7. The largest absolute Gasteiger partial charge is 0.494 e. The number of anilines is 1. The minimum Gasteiger partial charge on any atom is -0.494 e. The van der Waals surface area contributed by atoms with E-state index in [2.05, 4.69) is 4.98 Å². The molecule has 1 aliphatic heterocycles. The van der Waals surface area contributed by atoms with Gasteiger partial charge in [-0.05, 0) is 43.3 Å². The molecule has 0 aliphatic carbocycles. The molecule has 2 aromatic carbocycles. The van der Waals surface area contributed by atoms with Crippen molar-refractivity contribution in [3.8, 4) is 17.2 Å². The molecule has 2 unspecified atom stereocenters. The lowest BCUT2D eigenvalue weighted by atomic mass is 10.1. The Balaban J connectivity index is 1.54. The molecule has 0 saturated heterocycles. The van der Waals surface area contributed by atoms with Gasteiger partial charge in [0.25, 0.3) is 5.91 Å². The van der Waals surface area contributed by atoms with Gasteiger partial charge in [-0.1, -0.05) is 35.6 Å². The van der Waals surface area contributed by atoms with Gasteiger partial charge in [-0.25, -0.2) is 4.98 Å². The maximum absolute atomic E-state index is 13.8. The highest BCUT2D eigenvalue weighted by Gasteiger charge is 2.38. The SMILES string of the molecule is COc1cccc2sc(N(Cc3ccccn3)C(=O)C3Oc4ccccc4OC3C)nc12. The van der Waals surface area contributed by atoms with Crippen molar-refractivity contribution in [3.63, 3.8) is 0 Å². The Kier molecular flexibility index (Phi) is 5.36. The topological polar surface area (TPSA) is 73.8 Å². The molecule has 3 heterocycles. The van der Waals surface area contributed by atoms with Gasteiger partial charge in [-0.15, -0.1) is 0 Å². The maximum atomic E-state index is 13.8. The zero-order chi connectivity index (χ0) is 22.1. The van der Waals surface area contributed by atoms with Crippen molar-refractivity contribution in [1.29, 1.82) is 0 Å². The quantitative estimate of drug-likeness (QED) is 0.450. The van der Waals surface area contributed by atoms with Crippen molar-refractivity contribution >= 4 is 32.6 Å². The van der Waals surface area contributed by atoms with E-state index in [1.807, 2.05) is 61.5 Å². The molecule has 0 fully saturated rings. The summed E-state index contributed by atoms with van der Waals surface area (Å²) in [4.78, 5) is 24.5. The number of fused-ring (bicyclic) bond motifs is 2. The third-order valence-corrected chi connectivity index (χ3v) is 6.26. The molecule has 5 rings (SSSR count). The molecule has 0 saturated carbocycles. The molecule has 0 spiro atoms. The minimum absolute atomic E-state index is 0.240. The van der Waals surface area contributed by atoms with Gasteiger partial charge in [-0.3, -0.25) is 14.7 Å². The van der Waals surface area contributed by atoms with Gasteiger partial charge in [0.05, 0.1) is 24.0 Å². The van der Waals surface area contributed by atoms with Crippen molar-refractivity contribution in [2.24, 2.45) is 0 Å². The Morgan fingerprint density at radius 2 is 1.84 bits per heavy atom. The summed E-state index contributed by atoms with van der Waals surface area (Å²) in [6.45, 7) is 2.09. The van der Waals surface area contributed by atoms with Gasteiger partial charge >= 0.3 is 0 Å². The minimum atomic E-state index is -0.817. The second-order valence-corrected chi connectivity index (χ2v) is 8.37. The number of thiazole rings is 1. The average molecular weight is 448 g/mol. The standard InChI is InChI=1S/C24H21N3O4S/c1-15-22(31-18-10-4-3-9-17(18)30-15)23(28)27(14-16-8-5-6-13-25-16)24-26-21-19(29-2)11-7-12-20(21)32-24/h3-13,15,22H,14H2,1-2H3. The number of carbonyl (C=O) groups excluding carboxylic acids is 1. The molecule has 162 valence electrons. The molecule has 0 radical (unpaired) electrons. The molecule has 4 aromatic rings. The smallest absolute Gasteiger partial charge is 0.274 e. The number of aromatic nitrogens is 2. The number of methoxy groups -OCH3 is 1. The highest BCUT2D eigenvalue weighted by Crippen LogP contribution is 2.37. The van der Waals surface area contributed by atoms with Gasteiger partial charge in [0.1, 0.15) is 17.4 Å². The first-order chi connectivity index (χ1) is 15.6. The number of benzene rings is 2.